The molecule has 1 aromatic carbocycles. The van der Waals surface area contributed by atoms with Crippen molar-refractivity contribution < 1.29 is 4.42 Å². The van der Waals surface area contributed by atoms with Crippen LogP contribution in [0.25, 0.3) is 12.2 Å². The summed E-state index contributed by atoms with van der Waals surface area (Å²) < 4.78 is 4.95. The minimum Gasteiger partial charge on any atom is -0.472 e. The largest absolute Gasteiger partial charge is 0.472 e. The van der Waals surface area contributed by atoms with E-state index in [1.807, 2.05) is 30.3 Å². The fourth-order valence-electron chi connectivity index (χ4n) is 1.13. The van der Waals surface area contributed by atoms with E-state index >= 15 is 0 Å². The summed E-state index contributed by atoms with van der Waals surface area (Å²) in [5.41, 5.74) is 2.28. The monoisotopic (exact) mass is 170 g/mol. The summed E-state index contributed by atoms with van der Waals surface area (Å²) in [4.78, 5) is 0. The van der Waals surface area contributed by atoms with Gasteiger partial charge in [0.05, 0.1) is 12.5 Å². The number of hydrogen-bond donors (Lipinski definition) is 0. The molecule has 0 atom stereocenters. The first-order chi connectivity index (χ1) is 6.45. The Morgan fingerprint density at radius 2 is 1.62 bits per heavy atom. The second kappa shape index (κ2) is 3.76. The summed E-state index contributed by atoms with van der Waals surface area (Å²) in [6.07, 6.45) is 7.48. The topological polar surface area (TPSA) is 13.1 Å². The van der Waals surface area contributed by atoms with Crippen LogP contribution >= 0.6 is 0 Å². The van der Waals surface area contributed by atoms with Gasteiger partial charge >= 0.3 is 0 Å². The first-order valence-corrected chi connectivity index (χ1v) is 4.20. The first kappa shape index (κ1) is 7.87. The van der Waals surface area contributed by atoms with Crippen molar-refractivity contribution in [3.8, 4) is 0 Å². The SMILES string of the molecule is C(=C/c1ccoc1)/c1ccccc1. The fourth-order valence-corrected chi connectivity index (χ4v) is 1.13. The molecule has 13 heavy (non-hydrogen) atoms. The van der Waals surface area contributed by atoms with Crippen molar-refractivity contribution in [1.82, 2.24) is 0 Å². The predicted octanol–water partition coefficient (Wildman–Crippen LogP) is 3.45. The molecule has 64 valence electrons. The molecule has 1 heterocycles. The molecule has 2 aromatic rings. The molecule has 0 amide bonds. The Morgan fingerprint density at radius 3 is 2.31 bits per heavy atom. The zero-order chi connectivity index (χ0) is 8.93. The van der Waals surface area contributed by atoms with Crippen molar-refractivity contribution >= 4 is 12.2 Å². The van der Waals surface area contributed by atoms with Crippen LogP contribution in [0, 0.1) is 0 Å². The summed E-state index contributed by atoms with van der Waals surface area (Å²) >= 11 is 0. The van der Waals surface area contributed by atoms with E-state index in [4.69, 9.17) is 4.42 Å². The van der Waals surface area contributed by atoms with Gasteiger partial charge in [0.2, 0.25) is 0 Å². The molecule has 0 bridgehead atoms. The molecular formula is C12H10O. The third-order valence-corrected chi connectivity index (χ3v) is 1.81. The third kappa shape index (κ3) is 2.09. The smallest absolute Gasteiger partial charge is 0.0974 e. The van der Waals surface area contributed by atoms with Crippen LogP contribution in [-0.2, 0) is 0 Å². The van der Waals surface area contributed by atoms with E-state index in [0.29, 0.717) is 0 Å². The molecule has 0 aliphatic rings. The number of rotatable bonds is 2. The molecule has 0 spiro atoms. The van der Waals surface area contributed by atoms with Crippen molar-refractivity contribution in [2.75, 3.05) is 0 Å². The zero-order valence-electron chi connectivity index (χ0n) is 7.18. The van der Waals surface area contributed by atoms with Crippen molar-refractivity contribution in [2.24, 2.45) is 0 Å². The summed E-state index contributed by atoms with van der Waals surface area (Å²) in [5, 5.41) is 0. The van der Waals surface area contributed by atoms with Crippen LogP contribution in [0.4, 0.5) is 0 Å². The molecule has 1 aromatic heterocycles. The van der Waals surface area contributed by atoms with Gasteiger partial charge in [-0.1, -0.05) is 42.5 Å². The summed E-state index contributed by atoms with van der Waals surface area (Å²) in [5.74, 6) is 0. The predicted molar refractivity (Wildman–Crippen MR) is 54.1 cm³/mol. The van der Waals surface area contributed by atoms with Gasteiger partial charge in [0.1, 0.15) is 0 Å². The fraction of sp³-hybridized carbons (Fsp3) is 0. The van der Waals surface area contributed by atoms with E-state index in [0.717, 1.165) is 5.56 Å². The highest BCUT2D eigenvalue weighted by molar-refractivity contribution is 5.68. The lowest BCUT2D eigenvalue weighted by atomic mass is 10.2. The molecule has 0 saturated carbocycles. The maximum absolute atomic E-state index is 4.95. The molecule has 0 radical (unpaired) electrons. The van der Waals surface area contributed by atoms with Crippen molar-refractivity contribution in [1.29, 1.82) is 0 Å². The van der Waals surface area contributed by atoms with Crippen LogP contribution in [0.1, 0.15) is 11.1 Å². The van der Waals surface area contributed by atoms with E-state index in [1.54, 1.807) is 12.5 Å². The van der Waals surface area contributed by atoms with Crippen molar-refractivity contribution in [2.45, 2.75) is 0 Å². The van der Waals surface area contributed by atoms with Gasteiger partial charge in [0.25, 0.3) is 0 Å². The second-order valence-corrected chi connectivity index (χ2v) is 2.80. The second-order valence-electron chi connectivity index (χ2n) is 2.80. The Hall–Kier alpha value is -1.76. The lowest BCUT2D eigenvalue weighted by Gasteiger charge is -1.89. The summed E-state index contributed by atoms with van der Waals surface area (Å²) in [6, 6.07) is 12.1. The maximum atomic E-state index is 4.95. The maximum Gasteiger partial charge on any atom is 0.0974 e. The first-order valence-electron chi connectivity index (χ1n) is 4.20. The van der Waals surface area contributed by atoms with Gasteiger partial charge in [-0.25, -0.2) is 0 Å². The zero-order valence-corrected chi connectivity index (χ0v) is 7.18. The molecule has 0 N–H and O–H groups in total. The Bertz CT molecular complexity index is 371. The minimum atomic E-state index is 1.09. The van der Waals surface area contributed by atoms with Crippen LogP contribution in [0.3, 0.4) is 0 Å². The van der Waals surface area contributed by atoms with Crippen molar-refractivity contribution in [3.63, 3.8) is 0 Å². The van der Waals surface area contributed by atoms with Crippen LogP contribution in [0.5, 0.6) is 0 Å². The van der Waals surface area contributed by atoms with Gasteiger partial charge in [-0.15, -0.1) is 0 Å². The highest BCUT2D eigenvalue weighted by Crippen LogP contribution is 2.07. The van der Waals surface area contributed by atoms with E-state index < -0.39 is 0 Å². The van der Waals surface area contributed by atoms with Gasteiger partial charge in [-0.05, 0) is 11.6 Å². The molecule has 0 fully saturated rings. The molecule has 1 heteroatoms. The number of furan rings is 1. The van der Waals surface area contributed by atoms with Gasteiger partial charge < -0.3 is 4.42 Å². The standard InChI is InChI=1S/C12H10O/c1-2-4-11(5-3-1)6-7-12-8-9-13-10-12/h1-10H/b7-6-. The molecule has 1 nitrogen and oxygen atoms in total. The lowest BCUT2D eigenvalue weighted by molar-refractivity contribution is 0.567. The average molecular weight is 170 g/mol. The number of hydrogen-bond acceptors (Lipinski definition) is 1. The number of benzene rings is 1. The van der Waals surface area contributed by atoms with Crippen LogP contribution in [-0.4, -0.2) is 0 Å². The minimum absolute atomic E-state index is 1.09. The van der Waals surface area contributed by atoms with Crippen LogP contribution in [0.2, 0.25) is 0 Å². The lowest BCUT2D eigenvalue weighted by Crippen LogP contribution is -1.67. The molecule has 0 saturated heterocycles. The highest BCUT2D eigenvalue weighted by Gasteiger charge is 1.86. The van der Waals surface area contributed by atoms with E-state index in [2.05, 4.69) is 18.2 Å². The van der Waals surface area contributed by atoms with Crippen LogP contribution in [0.15, 0.2) is 53.3 Å². The van der Waals surface area contributed by atoms with Gasteiger partial charge in [-0.3, -0.25) is 0 Å². The van der Waals surface area contributed by atoms with Gasteiger partial charge in [0, 0.05) is 5.56 Å². The van der Waals surface area contributed by atoms with Gasteiger partial charge in [0.15, 0.2) is 0 Å². The molecular weight excluding hydrogens is 160 g/mol. The highest BCUT2D eigenvalue weighted by atomic mass is 16.3. The normalized spacial score (nSPS) is 10.8. The van der Waals surface area contributed by atoms with Crippen LogP contribution < -0.4 is 0 Å². The van der Waals surface area contributed by atoms with E-state index in [9.17, 15) is 0 Å². The average Bonchev–Trinajstić information content (AvgIpc) is 2.69. The Morgan fingerprint density at radius 1 is 0.846 bits per heavy atom. The Labute approximate surface area is 77.3 Å². The van der Waals surface area contributed by atoms with E-state index in [1.165, 1.54) is 5.56 Å². The molecule has 0 unspecified atom stereocenters. The van der Waals surface area contributed by atoms with E-state index in [-0.39, 0.29) is 0 Å². The summed E-state index contributed by atoms with van der Waals surface area (Å²) in [7, 11) is 0. The summed E-state index contributed by atoms with van der Waals surface area (Å²) in [6.45, 7) is 0. The molecule has 2 rings (SSSR count). The van der Waals surface area contributed by atoms with Gasteiger partial charge in [-0.2, -0.15) is 0 Å². The van der Waals surface area contributed by atoms with Crippen molar-refractivity contribution in [3.05, 3.63) is 60.1 Å². The molecule has 0 aliphatic carbocycles. The Balaban J connectivity index is 2.15. The Kier molecular flexibility index (Phi) is 2.28. The third-order valence-electron chi connectivity index (χ3n) is 1.81. The molecule has 0 aliphatic heterocycles. The quantitative estimate of drug-likeness (QED) is 0.672.